The van der Waals surface area contributed by atoms with Crippen molar-refractivity contribution in [2.45, 2.75) is 0 Å². The summed E-state index contributed by atoms with van der Waals surface area (Å²) in [5.41, 5.74) is 0. The third-order valence-corrected chi connectivity index (χ3v) is 0.247. The first kappa shape index (κ1) is 4.54. The van der Waals surface area contributed by atoms with E-state index < -0.39 is 0 Å². The predicted octanol–water partition coefficient (Wildman–Crippen LogP) is 0.855. The van der Waals surface area contributed by atoms with Gasteiger partial charge in [-0.25, -0.2) is 0 Å². The topological polar surface area (TPSA) is 0 Å². The minimum Gasteiger partial charge on any atom is -0.132 e. The molecule has 0 atom stereocenters. The maximum Gasteiger partial charge on any atom is 0.102 e. The first-order valence-electron chi connectivity index (χ1n) is 1.41. The molecule has 0 rings (SSSR count). The molecule has 0 heterocycles. The highest BCUT2D eigenvalue weighted by atomic mass is 13.4. The smallest absolute Gasteiger partial charge is 0.102 e. The summed E-state index contributed by atoms with van der Waals surface area (Å²) in [6.45, 7) is 3.38. The second-order valence-electron chi connectivity index (χ2n) is 0.621. The monoisotopic (exact) mass is 64.0 g/mol. The lowest BCUT2D eigenvalue weighted by Gasteiger charge is -1.56. The molecular weight excluding hydrogens is 58.9 g/mol. The van der Waals surface area contributed by atoms with E-state index in [1.165, 1.54) is 5.98 Å². The van der Waals surface area contributed by atoms with Gasteiger partial charge in [0.05, 0.1) is 0 Å². The molecule has 0 nitrogen and oxygen atoms in total. The molecule has 0 unspecified atom stereocenters. The van der Waals surface area contributed by atoms with Gasteiger partial charge in [0.15, 0.2) is 0 Å². The second-order valence-corrected chi connectivity index (χ2v) is 0.621. The van der Waals surface area contributed by atoms with Crippen LogP contribution in [0.4, 0.5) is 0 Å². The molecule has 0 aliphatic heterocycles. The Kier molecular flexibility index (Phi) is 3.22. The summed E-state index contributed by atoms with van der Waals surface area (Å²) in [4.78, 5) is 0. The summed E-state index contributed by atoms with van der Waals surface area (Å²) >= 11 is 0. The van der Waals surface area contributed by atoms with Gasteiger partial charge in [-0.2, -0.15) is 0 Å². The Morgan fingerprint density at radius 2 is 2.20 bits per heavy atom. The molecule has 0 saturated heterocycles. The number of allylic oxidation sites excluding steroid dienone is 2. The van der Waals surface area contributed by atoms with Crippen LogP contribution >= 0.6 is 0 Å². The van der Waals surface area contributed by atoms with Crippen LogP contribution in [-0.4, -0.2) is 7.85 Å². The highest BCUT2D eigenvalue weighted by Gasteiger charge is 1.42. The summed E-state index contributed by atoms with van der Waals surface area (Å²) in [5, 5.41) is 0. The standard InChI is InChI=1S/C4H5B/c1-2-3-4-5/h2-4H,1H2/b4-3+. The van der Waals surface area contributed by atoms with Crippen molar-refractivity contribution < 1.29 is 0 Å². The molecule has 0 saturated carbocycles. The van der Waals surface area contributed by atoms with Crippen LogP contribution in [0.2, 0.25) is 0 Å². The van der Waals surface area contributed by atoms with Gasteiger partial charge in [-0.05, 0) is 0 Å². The zero-order chi connectivity index (χ0) is 4.12. The van der Waals surface area contributed by atoms with Gasteiger partial charge in [0.25, 0.3) is 0 Å². The number of rotatable bonds is 1. The van der Waals surface area contributed by atoms with E-state index >= 15 is 0 Å². The van der Waals surface area contributed by atoms with E-state index in [0.29, 0.717) is 0 Å². The third-order valence-electron chi connectivity index (χ3n) is 0.247. The van der Waals surface area contributed by atoms with E-state index in [1.807, 2.05) is 0 Å². The first-order valence-corrected chi connectivity index (χ1v) is 1.41. The summed E-state index contributed by atoms with van der Waals surface area (Å²) < 4.78 is 0. The minimum atomic E-state index is 1.44. The van der Waals surface area contributed by atoms with Gasteiger partial charge in [0, 0.05) is 0 Å². The molecular formula is C4H5B. The molecule has 1 heteroatoms. The molecule has 24 valence electrons. The van der Waals surface area contributed by atoms with Gasteiger partial charge in [-0.1, -0.05) is 18.7 Å². The average molecular weight is 63.9 g/mol. The molecule has 0 aromatic heterocycles. The highest BCUT2D eigenvalue weighted by Crippen LogP contribution is 1.60. The van der Waals surface area contributed by atoms with Crippen molar-refractivity contribution in [1.82, 2.24) is 0 Å². The van der Waals surface area contributed by atoms with Crippen LogP contribution in [0.3, 0.4) is 0 Å². The molecule has 0 bridgehead atoms. The van der Waals surface area contributed by atoms with Crippen molar-refractivity contribution in [3.8, 4) is 0 Å². The Hall–Kier alpha value is -0.455. The van der Waals surface area contributed by atoms with Crippen molar-refractivity contribution in [3.05, 3.63) is 24.7 Å². The molecule has 0 N–H and O–H groups in total. The lowest BCUT2D eigenvalue weighted by molar-refractivity contribution is 2.11. The Bertz CT molecular complexity index is 45.6. The Balaban J connectivity index is 2.92. The van der Waals surface area contributed by atoms with Crippen molar-refractivity contribution >= 4 is 7.85 Å². The lowest BCUT2D eigenvalue weighted by atomic mass is 10.1. The molecule has 0 aliphatic carbocycles. The fourth-order valence-corrected chi connectivity index (χ4v) is 0.0786. The lowest BCUT2D eigenvalue weighted by Crippen LogP contribution is -1.43. The van der Waals surface area contributed by atoms with E-state index in [2.05, 4.69) is 6.58 Å². The fourth-order valence-electron chi connectivity index (χ4n) is 0.0786. The SMILES string of the molecule is [B]/C=C/C=C. The van der Waals surface area contributed by atoms with Crippen LogP contribution in [0.25, 0.3) is 0 Å². The van der Waals surface area contributed by atoms with Gasteiger partial charge < -0.3 is 0 Å². The largest absolute Gasteiger partial charge is 0.132 e. The molecule has 0 amide bonds. The minimum absolute atomic E-state index is 1.44. The maximum absolute atomic E-state index is 4.89. The van der Waals surface area contributed by atoms with Crippen molar-refractivity contribution in [2.24, 2.45) is 0 Å². The summed E-state index contributed by atoms with van der Waals surface area (Å²) in [7, 11) is 4.89. The molecule has 0 aliphatic rings. The zero-order valence-corrected chi connectivity index (χ0v) is 3.02. The van der Waals surface area contributed by atoms with Crippen molar-refractivity contribution in [2.75, 3.05) is 0 Å². The van der Waals surface area contributed by atoms with Crippen LogP contribution in [0.15, 0.2) is 24.7 Å². The average Bonchev–Trinajstić information content (AvgIpc) is 1.41. The van der Waals surface area contributed by atoms with Gasteiger partial charge in [-0.3, -0.25) is 0 Å². The normalized spacial score (nSPS) is 8.80. The van der Waals surface area contributed by atoms with Crippen LogP contribution in [-0.2, 0) is 0 Å². The van der Waals surface area contributed by atoms with E-state index in [0.717, 1.165) is 0 Å². The summed E-state index contributed by atoms with van der Waals surface area (Å²) in [6, 6.07) is 0. The number of hydrogen-bond donors (Lipinski definition) is 0. The summed E-state index contributed by atoms with van der Waals surface area (Å²) in [6.07, 6.45) is 3.29. The zero-order valence-electron chi connectivity index (χ0n) is 3.02. The Morgan fingerprint density at radius 3 is 2.20 bits per heavy atom. The molecule has 0 fully saturated rings. The van der Waals surface area contributed by atoms with E-state index in [1.54, 1.807) is 12.2 Å². The molecule has 0 spiro atoms. The van der Waals surface area contributed by atoms with E-state index in [9.17, 15) is 0 Å². The molecule has 2 radical (unpaired) electrons. The van der Waals surface area contributed by atoms with Crippen LogP contribution in [0, 0.1) is 0 Å². The van der Waals surface area contributed by atoms with E-state index in [-0.39, 0.29) is 0 Å². The first-order chi connectivity index (χ1) is 2.41. The predicted molar refractivity (Wildman–Crippen MR) is 25.1 cm³/mol. The van der Waals surface area contributed by atoms with Crippen molar-refractivity contribution in [3.63, 3.8) is 0 Å². The number of hydrogen-bond acceptors (Lipinski definition) is 0. The van der Waals surface area contributed by atoms with Crippen molar-refractivity contribution in [1.29, 1.82) is 0 Å². The van der Waals surface area contributed by atoms with Crippen LogP contribution < -0.4 is 0 Å². The summed E-state index contributed by atoms with van der Waals surface area (Å²) in [5.74, 6) is 1.44. The van der Waals surface area contributed by atoms with Crippen LogP contribution in [0.1, 0.15) is 0 Å². The van der Waals surface area contributed by atoms with Gasteiger partial charge in [0.1, 0.15) is 7.85 Å². The van der Waals surface area contributed by atoms with Gasteiger partial charge in [0.2, 0.25) is 0 Å². The Morgan fingerprint density at radius 1 is 1.60 bits per heavy atom. The second kappa shape index (κ2) is 3.54. The van der Waals surface area contributed by atoms with E-state index in [4.69, 9.17) is 7.85 Å². The highest BCUT2D eigenvalue weighted by molar-refractivity contribution is 6.17. The van der Waals surface area contributed by atoms with Gasteiger partial charge >= 0.3 is 0 Å². The van der Waals surface area contributed by atoms with Crippen LogP contribution in [0.5, 0.6) is 0 Å². The molecule has 0 aromatic carbocycles. The Labute approximate surface area is 33.6 Å². The maximum atomic E-state index is 4.89. The fraction of sp³-hybridized carbons (Fsp3) is 0. The molecule has 0 aromatic rings. The molecule has 5 heavy (non-hydrogen) atoms. The quantitative estimate of drug-likeness (QED) is 0.313. The van der Waals surface area contributed by atoms with Gasteiger partial charge in [-0.15, -0.1) is 5.98 Å². The third kappa shape index (κ3) is 3.54.